The van der Waals surface area contributed by atoms with E-state index in [2.05, 4.69) is 26.0 Å². The first-order valence-corrected chi connectivity index (χ1v) is 8.37. The zero-order valence-corrected chi connectivity index (χ0v) is 14.5. The molecule has 3 aromatic rings. The highest BCUT2D eigenvalue weighted by atomic mass is 79.9. The summed E-state index contributed by atoms with van der Waals surface area (Å²) in [5.41, 5.74) is -1.22. The first kappa shape index (κ1) is 16.9. The number of halogens is 4. The first-order valence-electron chi connectivity index (χ1n) is 6.70. The van der Waals surface area contributed by atoms with Crippen LogP contribution in [-0.4, -0.2) is 27.2 Å². The fraction of sp³-hybridized carbons (Fsp3) is 0.214. The van der Waals surface area contributed by atoms with E-state index in [-0.39, 0.29) is 28.1 Å². The highest BCUT2D eigenvalue weighted by molar-refractivity contribution is 9.10. The van der Waals surface area contributed by atoms with Crippen LogP contribution >= 0.6 is 27.3 Å². The molecule has 0 atom stereocenters. The third-order valence-corrected chi connectivity index (χ3v) is 4.69. The lowest BCUT2D eigenvalue weighted by molar-refractivity contribution is -0.142. The molecule has 0 bridgehead atoms. The van der Waals surface area contributed by atoms with Crippen LogP contribution in [0.25, 0.3) is 16.2 Å². The van der Waals surface area contributed by atoms with Crippen molar-refractivity contribution in [3.63, 3.8) is 0 Å². The van der Waals surface area contributed by atoms with Gasteiger partial charge in [0.25, 0.3) is 0 Å². The topological polar surface area (TPSA) is 56.5 Å². The predicted molar refractivity (Wildman–Crippen MR) is 85.0 cm³/mol. The molecule has 126 valence electrons. The second kappa shape index (κ2) is 6.17. The van der Waals surface area contributed by atoms with E-state index in [4.69, 9.17) is 4.74 Å². The highest BCUT2D eigenvalue weighted by Crippen LogP contribution is 2.35. The number of nitrogens with zero attached hydrogens (tertiary/aromatic N) is 3. The molecule has 0 radical (unpaired) electrons. The molecule has 3 rings (SSSR count). The van der Waals surface area contributed by atoms with Crippen molar-refractivity contribution in [3.8, 4) is 10.6 Å². The average molecular weight is 420 g/mol. The van der Waals surface area contributed by atoms with E-state index in [0.29, 0.717) is 9.39 Å². The van der Waals surface area contributed by atoms with Crippen molar-refractivity contribution in [2.24, 2.45) is 0 Å². The number of aromatic nitrogens is 3. The number of esters is 1. The van der Waals surface area contributed by atoms with Gasteiger partial charge in [-0.05, 0) is 40.4 Å². The Morgan fingerprint density at radius 3 is 2.79 bits per heavy atom. The molecule has 0 saturated carbocycles. The lowest BCUT2D eigenvalue weighted by Gasteiger charge is -2.10. The van der Waals surface area contributed by atoms with Gasteiger partial charge < -0.3 is 4.74 Å². The third kappa shape index (κ3) is 2.91. The second-order valence-electron chi connectivity index (χ2n) is 4.62. The van der Waals surface area contributed by atoms with Crippen molar-refractivity contribution in [2.75, 3.05) is 6.61 Å². The van der Waals surface area contributed by atoms with Gasteiger partial charge >= 0.3 is 12.1 Å². The van der Waals surface area contributed by atoms with Gasteiger partial charge in [0.15, 0.2) is 17.0 Å². The molecule has 0 spiro atoms. The Kier molecular flexibility index (Phi) is 4.35. The molecule has 0 fully saturated rings. The van der Waals surface area contributed by atoms with Crippen molar-refractivity contribution in [3.05, 3.63) is 39.4 Å². The molecule has 0 unspecified atom stereocenters. The molecular weight excluding hydrogens is 411 g/mol. The molecule has 10 heteroatoms. The van der Waals surface area contributed by atoms with Gasteiger partial charge in [-0.1, -0.05) is 6.07 Å². The van der Waals surface area contributed by atoms with Crippen molar-refractivity contribution >= 4 is 38.9 Å². The van der Waals surface area contributed by atoms with Crippen molar-refractivity contribution in [1.82, 2.24) is 14.6 Å². The molecule has 0 N–H and O–H groups in total. The summed E-state index contributed by atoms with van der Waals surface area (Å²) in [5, 5.41) is 5.48. The molecule has 5 nitrogen and oxygen atoms in total. The molecule has 3 aromatic heterocycles. The van der Waals surface area contributed by atoms with E-state index in [1.54, 1.807) is 24.4 Å². The Bertz CT molecular complexity index is 906. The van der Waals surface area contributed by atoms with Crippen molar-refractivity contribution in [2.45, 2.75) is 13.1 Å². The fourth-order valence-corrected chi connectivity index (χ4v) is 3.26. The van der Waals surface area contributed by atoms with E-state index >= 15 is 0 Å². The SMILES string of the molecule is CCOC(=O)c1nn2c(C(F)(F)F)cc(-c3cccs3)nc2c1Br. The van der Waals surface area contributed by atoms with Crippen LogP contribution in [0.2, 0.25) is 0 Å². The third-order valence-electron chi connectivity index (χ3n) is 3.07. The van der Waals surface area contributed by atoms with Gasteiger partial charge in [-0.15, -0.1) is 11.3 Å². The van der Waals surface area contributed by atoms with Gasteiger partial charge in [-0.3, -0.25) is 0 Å². The number of fused-ring (bicyclic) bond motifs is 1. The smallest absolute Gasteiger partial charge is 0.433 e. The quantitative estimate of drug-likeness (QED) is 0.589. The van der Waals surface area contributed by atoms with Crippen LogP contribution in [-0.2, 0) is 10.9 Å². The molecule has 0 aliphatic carbocycles. The van der Waals surface area contributed by atoms with Gasteiger partial charge in [0, 0.05) is 0 Å². The average Bonchev–Trinajstić information content (AvgIpc) is 3.14. The summed E-state index contributed by atoms with van der Waals surface area (Å²) in [7, 11) is 0. The number of hydrogen-bond donors (Lipinski definition) is 0. The summed E-state index contributed by atoms with van der Waals surface area (Å²) < 4.78 is 45.7. The summed E-state index contributed by atoms with van der Waals surface area (Å²) in [5.74, 6) is -0.819. The molecule has 0 aliphatic heterocycles. The molecule has 0 aromatic carbocycles. The highest BCUT2D eigenvalue weighted by Gasteiger charge is 2.36. The van der Waals surface area contributed by atoms with E-state index in [9.17, 15) is 18.0 Å². The minimum Gasteiger partial charge on any atom is -0.461 e. The maximum absolute atomic E-state index is 13.4. The van der Waals surface area contributed by atoms with Crippen molar-refractivity contribution in [1.29, 1.82) is 0 Å². The summed E-state index contributed by atoms with van der Waals surface area (Å²) >= 11 is 4.37. The van der Waals surface area contributed by atoms with Crippen LogP contribution in [0, 0.1) is 0 Å². The molecule has 3 heterocycles. The monoisotopic (exact) mass is 419 g/mol. The van der Waals surface area contributed by atoms with Gasteiger partial charge in [-0.2, -0.15) is 18.3 Å². The normalized spacial score (nSPS) is 11.9. The predicted octanol–water partition coefficient (Wildman–Crippen LogP) is 4.42. The largest absolute Gasteiger partial charge is 0.461 e. The number of rotatable bonds is 3. The number of alkyl halides is 3. The minimum atomic E-state index is -4.66. The number of hydrogen-bond acceptors (Lipinski definition) is 5. The Balaban J connectivity index is 2.30. The van der Waals surface area contributed by atoms with E-state index in [1.807, 2.05) is 0 Å². The number of thiophene rings is 1. The van der Waals surface area contributed by atoms with Gasteiger partial charge in [0.1, 0.15) is 0 Å². The molecule has 0 aliphatic rings. The maximum atomic E-state index is 13.4. The summed E-state index contributed by atoms with van der Waals surface area (Å²) in [4.78, 5) is 16.7. The van der Waals surface area contributed by atoms with Crippen LogP contribution < -0.4 is 0 Å². The lowest BCUT2D eigenvalue weighted by Crippen LogP contribution is -2.14. The van der Waals surface area contributed by atoms with Gasteiger partial charge in [0.05, 0.1) is 21.7 Å². The second-order valence-corrected chi connectivity index (χ2v) is 6.36. The van der Waals surface area contributed by atoms with Crippen LogP contribution in [0.5, 0.6) is 0 Å². The fourth-order valence-electron chi connectivity index (χ4n) is 2.07. The van der Waals surface area contributed by atoms with Gasteiger partial charge in [-0.25, -0.2) is 14.3 Å². The Labute approximate surface area is 146 Å². The standard InChI is InChI=1S/C14H9BrF3N3O2S/c1-2-23-13(22)11-10(15)12-19-7(8-4-3-5-24-8)6-9(14(16,17)18)21(12)20-11/h3-6H,2H2,1H3. The molecule has 0 amide bonds. The Hall–Kier alpha value is -1.94. The molecule has 24 heavy (non-hydrogen) atoms. The number of carbonyl (C=O) groups is 1. The minimum absolute atomic E-state index is 0.0601. The van der Waals surface area contributed by atoms with Crippen LogP contribution in [0.15, 0.2) is 28.1 Å². The molecular formula is C14H9BrF3N3O2S. The van der Waals surface area contributed by atoms with E-state index in [0.717, 1.165) is 6.07 Å². The van der Waals surface area contributed by atoms with Crippen LogP contribution in [0.3, 0.4) is 0 Å². The van der Waals surface area contributed by atoms with E-state index < -0.39 is 17.8 Å². The first-order chi connectivity index (χ1) is 11.3. The maximum Gasteiger partial charge on any atom is 0.433 e. The lowest BCUT2D eigenvalue weighted by atomic mass is 10.2. The number of ether oxygens (including phenoxy) is 1. The Morgan fingerprint density at radius 1 is 1.46 bits per heavy atom. The summed E-state index contributed by atoms with van der Waals surface area (Å²) in [6.07, 6.45) is -4.66. The Morgan fingerprint density at radius 2 is 2.21 bits per heavy atom. The van der Waals surface area contributed by atoms with Crippen molar-refractivity contribution < 1.29 is 22.7 Å². The summed E-state index contributed by atoms with van der Waals surface area (Å²) in [6, 6.07) is 4.29. The summed E-state index contributed by atoms with van der Waals surface area (Å²) in [6.45, 7) is 1.68. The van der Waals surface area contributed by atoms with Gasteiger partial charge in [0.2, 0.25) is 0 Å². The van der Waals surface area contributed by atoms with Crippen LogP contribution in [0.1, 0.15) is 23.1 Å². The van der Waals surface area contributed by atoms with E-state index in [1.165, 1.54) is 11.3 Å². The zero-order valence-electron chi connectivity index (χ0n) is 12.1. The zero-order chi connectivity index (χ0) is 17.5. The van der Waals surface area contributed by atoms with Crippen LogP contribution in [0.4, 0.5) is 13.2 Å². The molecule has 0 saturated heterocycles. The number of carbonyl (C=O) groups excluding carboxylic acids is 1.